The van der Waals surface area contributed by atoms with Crippen LogP contribution in [0.4, 0.5) is 5.69 Å². The number of unbranched alkanes of at least 4 members (excludes halogenated alkanes) is 5. The van der Waals surface area contributed by atoms with E-state index in [0.717, 1.165) is 29.9 Å². The fraction of sp³-hybridized carbons (Fsp3) is 0.600. The maximum atomic E-state index is 5.76. The minimum Gasteiger partial charge on any atom is -0.399 e. The van der Waals surface area contributed by atoms with Crippen LogP contribution in [0.2, 0.25) is 0 Å². The number of halogens is 1. The lowest BCUT2D eigenvalue weighted by atomic mass is 10.1. The second-order valence-corrected chi connectivity index (χ2v) is 6.80. The van der Waals surface area contributed by atoms with Gasteiger partial charge in [-0.3, -0.25) is 0 Å². The molecule has 0 fully saturated rings. The van der Waals surface area contributed by atoms with Crippen LogP contribution in [0.15, 0.2) is 18.2 Å². The number of nitrogen functional groups attached to an aromatic ring is 1. The minimum absolute atomic E-state index is 0.730. The first-order valence-electron chi connectivity index (χ1n) is 7.70. The number of hydrogen-bond donors (Lipinski definition) is 1. The van der Waals surface area contributed by atoms with E-state index in [1.807, 2.05) is 22.9 Å². The third-order valence-corrected chi connectivity index (χ3v) is 4.37. The Morgan fingerprint density at radius 2 is 1.95 bits per heavy atom. The van der Waals surface area contributed by atoms with Crippen molar-refractivity contribution < 1.29 is 0 Å². The largest absolute Gasteiger partial charge is 0.399 e. The second-order valence-electron chi connectivity index (χ2n) is 5.43. The first-order chi connectivity index (χ1) is 10.2. The highest BCUT2D eigenvalue weighted by Gasteiger charge is 2.07. The maximum Gasteiger partial charge on any atom is 0.115 e. The van der Waals surface area contributed by atoms with Gasteiger partial charge in [-0.25, -0.2) is 7.80 Å². The minimum atomic E-state index is 0.730. The van der Waals surface area contributed by atoms with E-state index < -0.39 is 0 Å². The van der Waals surface area contributed by atoms with E-state index in [9.17, 15) is 0 Å². The molecule has 2 rings (SSSR count). The van der Waals surface area contributed by atoms with E-state index in [4.69, 9.17) is 5.73 Å². The zero-order chi connectivity index (χ0) is 15.1. The molecular weight excluding hydrogens is 377 g/mol. The average molecular weight is 401 g/mol. The second kappa shape index (κ2) is 8.53. The molecule has 0 aliphatic rings. The standard InChI is InChI=1S/C15H24IN5/c1-2-3-4-5-6-7-10-20(16)12-21-15-9-8-13(17)11-14(15)18-19-21/h8-9,11H,2-7,10,12,17H2,1H3. The summed E-state index contributed by atoms with van der Waals surface area (Å²) in [6.07, 6.45) is 7.95. The van der Waals surface area contributed by atoms with Crippen LogP contribution in [0.3, 0.4) is 0 Å². The van der Waals surface area contributed by atoms with Crippen LogP contribution in [-0.2, 0) is 6.67 Å². The van der Waals surface area contributed by atoms with E-state index >= 15 is 0 Å². The van der Waals surface area contributed by atoms with Crippen molar-refractivity contribution in [3.8, 4) is 0 Å². The van der Waals surface area contributed by atoms with Crippen molar-refractivity contribution in [3.63, 3.8) is 0 Å². The predicted molar refractivity (Wildman–Crippen MR) is 96.0 cm³/mol. The number of benzene rings is 1. The maximum absolute atomic E-state index is 5.76. The Hall–Kier alpha value is -0.890. The van der Waals surface area contributed by atoms with Gasteiger partial charge in [0.25, 0.3) is 0 Å². The average Bonchev–Trinajstić information content (AvgIpc) is 2.85. The summed E-state index contributed by atoms with van der Waals surface area (Å²) in [5.74, 6) is 0. The van der Waals surface area contributed by atoms with E-state index in [2.05, 4.69) is 43.2 Å². The fourth-order valence-electron chi connectivity index (χ4n) is 2.37. The Balaban J connectivity index is 1.77. The molecule has 1 heterocycles. The lowest BCUT2D eigenvalue weighted by Crippen LogP contribution is -2.18. The van der Waals surface area contributed by atoms with Gasteiger partial charge in [0.15, 0.2) is 0 Å². The Morgan fingerprint density at radius 3 is 2.76 bits per heavy atom. The summed E-state index contributed by atoms with van der Waals surface area (Å²) in [5, 5.41) is 8.38. The van der Waals surface area contributed by atoms with Crippen LogP contribution in [0.1, 0.15) is 45.4 Å². The molecular formula is C15H24IN5. The summed E-state index contributed by atoms with van der Waals surface area (Å²) in [6.45, 7) is 4.10. The summed E-state index contributed by atoms with van der Waals surface area (Å²) < 4.78 is 4.19. The first-order valence-corrected chi connectivity index (χ1v) is 8.66. The van der Waals surface area contributed by atoms with E-state index in [0.29, 0.717) is 0 Å². The Kier molecular flexibility index (Phi) is 6.69. The van der Waals surface area contributed by atoms with Gasteiger partial charge in [0, 0.05) is 35.1 Å². The normalized spacial score (nSPS) is 11.6. The lowest BCUT2D eigenvalue weighted by molar-refractivity contribution is 0.380. The number of rotatable bonds is 9. The molecule has 0 bridgehead atoms. The highest BCUT2D eigenvalue weighted by molar-refractivity contribution is 14.1. The van der Waals surface area contributed by atoms with Crippen LogP contribution in [-0.4, -0.2) is 24.7 Å². The molecule has 116 valence electrons. The van der Waals surface area contributed by atoms with Crippen LogP contribution in [0, 0.1) is 0 Å². The Labute approximate surface area is 140 Å². The van der Waals surface area contributed by atoms with Crippen molar-refractivity contribution in [2.24, 2.45) is 0 Å². The number of aromatic nitrogens is 3. The monoisotopic (exact) mass is 401 g/mol. The Morgan fingerprint density at radius 1 is 1.19 bits per heavy atom. The quantitative estimate of drug-likeness (QED) is 0.299. The molecule has 0 amide bonds. The van der Waals surface area contributed by atoms with Crippen LogP contribution in [0.5, 0.6) is 0 Å². The molecule has 1 aromatic carbocycles. The molecule has 0 unspecified atom stereocenters. The molecule has 2 N–H and O–H groups in total. The molecule has 21 heavy (non-hydrogen) atoms. The molecule has 2 aromatic rings. The molecule has 0 aliphatic heterocycles. The van der Waals surface area contributed by atoms with Crippen molar-refractivity contribution >= 4 is 39.6 Å². The van der Waals surface area contributed by atoms with Gasteiger partial charge in [-0.2, -0.15) is 0 Å². The van der Waals surface area contributed by atoms with E-state index in [1.54, 1.807) is 0 Å². The molecule has 5 nitrogen and oxygen atoms in total. The van der Waals surface area contributed by atoms with E-state index in [-0.39, 0.29) is 0 Å². The van der Waals surface area contributed by atoms with Gasteiger partial charge in [0.2, 0.25) is 0 Å². The van der Waals surface area contributed by atoms with Gasteiger partial charge in [0.1, 0.15) is 12.2 Å². The SMILES string of the molecule is CCCCCCCCN(I)Cn1nnc2cc(N)ccc21. The molecule has 0 aliphatic carbocycles. The summed E-state index contributed by atoms with van der Waals surface area (Å²) in [4.78, 5) is 0. The third-order valence-electron chi connectivity index (χ3n) is 3.58. The molecule has 1 aromatic heterocycles. The summed E-state index contributed by atoms with van der Waals surface area (Å²) >= 11 is 2.37. The van der Waals surface area contributed by atoms with Gasteiger partial charge in [-0.05, 0) is 24.6 Å². The van der Waals surface area contributed by atoms with Crippen molar-refractivity contribution in [1.29, 1.82) is 0 Å². The number of fused-ring (bicyclic) bond motifs is 1. The number of nitrogens with two attached hydrogens (primary N) is 1. The van der Waals surface area contributed by atoms with Crippen molar-refractivity contribution in [3.05, 3.63) is 18.2 Å². The molecule has 6 heteroatoms. The van der Waals surface area contributed by atoms with Gasteiger partial charge >= 0.3 is 0 Å². The van der Waals surface area contributed by atoms with Crippen LogP contribution in [0.25, 0.3) is 11.0 Å². The highest BCUT2D eigenvalue weighted by Crippen LogP contribution is 2.16. The summed E-state index contributed by atoms with van der Waals surface area (Å²) in [7, 11) is 0. The van der Waals surface area contributed by atoms with Crippen LogP contribution >= 0.6 is 22.9 Å². The summed E-state index contributed by atoms with van der Waals surface area (Å²) in [5.41, 5.74) is 8.39. The fourth-order valence-corrected chi connectivity index (χ4v) is 3.00. The van der Waals surface area contributed by atoms with Crippen molar-refractivity contribution in [2.75, 3.05) is 12.3 Å². The van der Waals surface area contributed by atoms with Gasteiger partial charge in [-0.15, -0.1) is 5.10 Å². The molecule has 0 radical (unpaired) electrons. The number of hydrogen-bond acceptors (Lipinski definition) is 4. The Bertz CT molecular complexity index is 554. The van der Waals surface area contributed by atoms with Crippen LogP contribution < -0.4 is 5.73 Å². The van der Waals surface area contributed by atoms with Gasteiger partial charge in [0.05, 0.1) is 5.52 Å². The zero-order valence-corrected chi connectivity index (χ0v) is 14.8. The zero-order valence-electron chi connectivity index (χ0n) is 12.6. The first kappa shape index (κ1) is 16.5. The molecule has 0 saturated carbocycles. The molecule has 0 saturated heterocycles. The third kappa shape index (κ3) is 5.10. The predicted octanol–water partition coefficient (Wildman–Crippen LogP) is 3.98. The summed E-state index contributed by atoms with van der Waals surface area (Å²) in [6, 6.07) is 5.75. The van der Waals surface area contributed by atoms with Crippen molar-refractivity contribution in [2.45, 2.75) is 52.1 Å². The molecule has 0 spiro atoms. The van der Waals surface area contributed by atoms with Gasteiger partial charge < -0.3 is 5.73 Å². The van der Waals surface area contributed by atoms with E-state index in [1.165, 1.54) is 38.5 Å². The molecule has 0 atom stereocenters. The smallest absolute Gasteiger partial charge is 0.115 e. The van der Waals surface area contributed by atoms with Gasteiger partial charge in [-0.1, -0.05) is 44.2 Å². The number of anilines is 1. The lowest BCUT2D eigenvalue weighted by Gasteiger charge is -2.14. The number of nitrogens with zero attached hydrogens (tertiary/aromatic N) is 4. The van der Waals surface area contributed by atoms with Crippen molar-refractivity contribution in [1.82, 2.24) is 18.1 Å². The highest BCUT2D eigenvalue weighted by atomic mass is 127. The topological polar surface area (TPSA) is 60.0 Å².